The van der Waals surface area contributed by atoms with Crippen molar-refractivity contribution >= 4 is 16.6 Å². The van der Waals surface area contributed by atoms with Crippen molar-refractivity contribution in [1.82, 2.24) is 19.3 Å². The van der Waals surface area contributed by atoms with Crippen LogP contribution in [-0.4, -0.2) is 24.3 Å². The Morgan fingerprint density at radius 2 is 2.11 bits per heavy atom. The van der Waals surface area contributed by atoms with Gasteiger partial charge in [-0.1, -0.05) is 0 Å². The van der Waals surface area contributed by atoms with Crippen LogP contribution in [0.3, 0.4) is 0 Å². The number of fused-ring (bicyclic) bond motifs is 1. The molecule has 0 N–H and O–H groups in total. The molecule has 96 valence electrons. The number of hydrogen-bond acceptors (Lipinski definition) is 4. The van der Waals surface area contributed by atoms with Crippen LogP contribution < -0.4 is 0 Å². The fraction of sp³-hybridized carbons (Fsp3) is 0.167. The Balaban J connectivity index is 2.29. The lowest BCUT2D eigenvalue weighted by Gasteiger charge is -1.94. The van der Waals surface area contributed by atoms with Crippen LogP contribution in [0.4, 0.5) is 5.69 Å². The summed E-state index contributed by atoms with van der Waals surface area (Å²) in [5.41, 5.74) is 2.25. The van der Waals surface area contributed by atoms with E-state index in [-0.39, 0.29) is 5.69 Å². The maximum atomic E-state index is 10.9. The molecule has 0 radical (unpaired) electrons. The maximum Gasteiger partial charge on any atom is 0.270 e. The van der Waals surface area contributed by atoms with Crippen LogP contribution in [-0.2, 0) is 14.1 Å². The highest BCUT2D eigenvalue weighted by Crippen LogP contribution is 2.29. The second kappa shape index (κ2) is 3.91. The van der Waals surface area contributed by atoms with E-state index in [0.29, 0.717) is 11.4 Å². The number of nitrogens with zero attached hydrogens (tertiary/aromatic N) is 5. The van der Waals surface area contributed by atoms with Crippen LogP contribution in [0.1, 0.15) is 0 Å². The van der Waals surface area contributed by atoms with Gasteiger partial charge in [-0.25, -0.2) is 4.98 Å². The number of rotatable bonds is 2. The number of hydrogen-bond donors (Lipinski definition) is 0. The normalized spacial score (nSPS) is 11.1. The predicted octanol–water partition coefficient (Wildman–Crippen LogP) is 1.88. The van der Waals surface area contributed by atoms with Crippen LogP contribution in [0.15, 0.2) is 30.7 Å². The Morgan fingerprint density at radius 1 is 1.32 bits per heavy atom. The van der Waals surface area contributed by atoms with E-state index in [1.165, 1.54) is 12.1 Å². The lowest BCUT2D eigenvalue weighted by atomic mass is 10.1. The molecule has 0 saturated carbocycles. The van der Waals surface area contributed by atoms with Crippen LogP contribution in [0, 0.1) is 10.1 Å². The number of imidazole rings is 1. The molecule has 3 aromatic rings. The molecule has 0 spiro atoms. The Bertz CT molecular complexity index is 787. The molecule has 0 bridgehead atoms. The highest BCUT2D eigenvalue weighted by molar-refractivity contribution is 5.93. The summed E-state index contributed by atoms with van der Waals surface area (Å²) in [6.07, 6.45) is 3.51. The van der Waals surface area contributed by atoms with E-state index in [1.54, 1.807) is 24.1 Å². The third kappa shape index (κ3) is 1.75. The summed E-state index contributed by atoms with van der Waals surface area (Å²) in [5.74, 6) is 0. The fourth-order valence-electron chi connectivity index (χ4n) is 2.09. The third-order valence-electron chi connectivity index (χ3n) is 2.99. The second-order valence-corrected chi connectivity index (χ2v) is 4.36. The van der Waals surface area contributed by atoms with Gasteiger partial charge < -0.3 is 4.57 Å². The molecular weight excluding hydrogens is 246 g/mol. The van der Waals surface area contributed by atoms with E-state index < -0.39 is 4.92 Å². The highest BCUT2D eigenvalue weighted by Gasteiger charge is 2.16. The maximum absolute atomic E-state index is 10.9. The molecule has 1 aromatic carbocycles. The zero-order chi connectivity index (χ0) is 13.6. The van der Waals surface area contributed by atoms with Crippen molar-refractivity contribution in [1.29, 1.82) is 0 Å². The number of non-ortho nitro benzene ring substituents is 1. The molecule has 0 aliphatic rings. The fourth-order valence-corrected chi connectivity index (χ4v) is 2.09. The lowest BCUT2D eigenvalue weighted by molar-refractivity contribution is -0.384. The molecule has 7 heteroatoms. The van der Waals surface area contributed by atoms with Crippen LogP contribution in [0.5, 0.6) is 0 Å². The molecule has 2 aromatic heterocycles. The zero-order valence-corrected chi connectivity index (χ0v) is 10.4. The summed E-state index contributed by atoms with van der Waals surface area (Å²) in [4.78, 5) is 14.7. The predicted molar refractivity (Wildman–Crippen MR) is 69.6 cm³/mol. The third-order valence-corrected chi connectivity index (χ3v) is 2.99. The van der Waals surface area contributed by atoms with Gasteiger partial charge in [-0.2, -0.15) is 5.10 Å². The Hall–Kier alpha value is -2.70. The molecular formula is C12H11N5O2. The molecule has 19 heavy (non-hydrogen) atoms. The van der Waals surface area contributed by atoms with Crippen molar-refractivity contribution < 1.29 is 4.92 Å². The van der Waals surface area contributed by atoms with Gasteiger partial charge in [0, 0.05) is 37.8 Å². The SMILES string of the molecule is Cn1cnc(-c2nn(C)c3ccc([N+](=O)[O-])cc23)c1. The summed E-state index contributed by atoms with van der Waals surface area (Å²) in [7, 11) is 3.67. The van der Waals surface area contributed by atoms with Crippen LogP contribution >= 0.6 is 0 Å². The zero-order valence-electron chi connectivity index (χ0n) is 10.4. The van der Waals surface area contributed by atoms with Gasteiger partial charge in [0.25, 0.3) is 5.69 Å². The molecule has 7 nitrogen and oxygen atoms in total. The summed E-state index contributed by atoms with van der Waals surface area (Å²) in [5, 5.41) is 16.0. The molecule has 0 unspecified atom stereocenters. The van der Waals surface area contributed by atoms with E-state index >= 15 is 0 Å². The van der Waals surface area contributed by atoms with Gasteiger partial charge in [0.2, 0.25) is 0 Å². The Morgan fingerprint density at radius 3 is 2.74 bits per heavy atom. The van der Waals surface area contributed by atoms with E-state index in [1.807, 2.05) is 17.8 Å². The quantitative estimate of drug-likeness (QED) is 0.518. The van der Waals surface area contributed by atoms with E-state index in [0.717, 1.165) is 10.9 Å². The lowest BCUT2D eigenvalue weighted by Crippen LogP contribution is -1.90. The molecule has 2 heterocycles. The largest absolute Gasteiger partial charge is 0.340 e. The van der Waals surface area contributed by atoms with Crippen molar-refractivity contribution in [2.75, 3.05) is 0 Å². The minimum Gasteiger partial charge on any atom is -0.340 e. The van der Waals surface area contributed by atoms with Crippen molar-refractivity contribution in [3.8, 4) is 11.4 Å². The first-order valence-electron chi connectivity index (χ1n) is 5.66. The number of aryl methyl sites for hydroxylation is 2. The summed E-state index contributed by atoms with van der Waals surface area (Å²) in [6.45, 7) is 0. The Labute approximate surface area is 108 Å². The van der Waals surface area contributed by atoms with Gasteiger partial charge in [0.1, 0.15) is 11.4 Å². The number of aromatic nitrogens is 4. The van der Waals surface area contributed by atoms with E-state index in [9.17, 15) is 10.1 Å². The number of benzene rings is 1. The molecule has 0 aliphatic heterocycles. The molecule has 0 fully saturated rings. The summed E-state index contributed by atoms with van der Waals surface area (Å²) in [6, 6.07) is 4.71. The van der Waals surface area contributed by atoms with Gasteiger partial charge in [-0.05, 0) is 6.07 Å². The van der Waals surface area contributed by atoms with Gasteiger partial charge in [-0.3, -0.25) is 14.8 Å². The molecule has 0 saturated heterocycles. The second-order valence-electron chi connectivity index (χ2n) is 4.36. The van der Waals surface area contributed by atoms with Gasteiger partial charge >= 0.3 is 0 Å². The first-order chi connectivity index (χ1) is 9.06. The van der Waals surface area contributed by atoms with Gasteiger partial charge in [0.05, 0.1) is 16.8 Å². The number of nitro groups is 1. The van der Waals surface area contributed by atoms with Crippen molar-refractivity contribution in [3.05, 3.63) is 40.8 Å². The summed E-state index contributed by atoms with van der Waals surface area (Å²) >= 11 is 0. The molecule has 3 rings (SSSR count). The first kappa shape index (κ1) is 11.4. The highest BCUT2D eigenvalue weighted by atomic mass is 16.6. The average molecular weight is 257 g/mol. The van der Waals surface area contributed by atoms with Crippen LogP contribution in [0.2, 0.25) is 0 Å². The van der Waals surface area contributed by atoms with Crippen LogP contribution in [0.25, 0.3) is 22.3 Å². The van der Waals surface area contributed by atoms with Gasteiger partial charge in [-0.15, -0.1) is 0 Å². The number of nitro benzene ring substituents is 1. The van der Waals surface area contributed by atoms with E-state index in [4.69, 9.17) is 0 Å². The first-order valence-corrected chi connectivity index (χ1v) is 5.66. The van der Waals surface area contributed by atoms with E-state index in [2.05, 4.69) is 10.1 Å². The molecule has 0 aliphatic carbocycles. The molecule has 0 atom stereocenters. The van der Waals surface area contributed by atoms with Gasteiger partial charge in [0.15, 0.2) is 0 Å². The minimum absolute atomic E-state index is 0.0534. The molecule has 0 amide bonds. The monoisotopic (exact) mass is 257 g/mol. The minimum atomic E-state index is -0.408. The Kier molecular flexibility index (Phi) is 2.34. The van der Waals surface area contributed by atoms with Crippen molar-refractivity contribution in [2.45, 2.75) is 0 Å². The van der Waals surface area contributed by atoms with Crippen molar-refractivity contribution in [2.24, 2.45) is 14.1 Å². The summed E-state index contributed by atoms with van der Waals surface area (Å²) < 4.78 is 3.51. The standard InChI is InChI=1S/C12H11N5O2/c1-15-6-10(13-7-15)12-9-5-8(17(18)19)3-4-11(9)16(2)14-12/h3-7H,1-2H3. The average Bonchev–Trinajstić information content (AvgIpc) is 2.93. The van der Waals surface area contributed by atoms with Crippen molar-refractivity contribution in [3.63, 3.8) is 0 Å². The topological polar surface area (TPSA) is 78.8 Å². The smallest absolute Gasteiger partial charge is 0.270 e.